The summed E-state index contributed by atoms with van der Waals surface area (Å²) in [5, 5.41) is 12.2. The lowest BCUT2D eigenvalue weighted by atomic mass is 9.97. The average molecular weight is 357 g/mol. The van der Waals surface area contributed by atoms with E-state index in [4.69, 9.17) is 5.11 Å². The van der Waals surface area contributed by atoms with Crippen molar-refractivity contribution in [2.24, 2.45) is 0 Å². The van der Waals surface area contributed by atoms with Crippen molar-refractivity contribution >= 4 is 12.4 Å². The summed E-state index contributed by atoms with van der Waals surface area (Å²) in [7, 11) is 0. The summed E-state index contributed by atoms with van der Waals surface area (Å²) in [6, 6.07) is 2.39. The molecule has 23 heavy (non-hydrogen) atoms. The molecule has 1 fully saturated rings. The van der Waals surface area contributed by atoms with Crippen LogP contribution in [0.4, 0.5) is 17.6 Å². The van der Waals surface area contributed by atoms with Crippen molar-refractivity contribution in [3.8, 4) is 0 Å². The summed E-state index contributed by atoms with van der Waals surface area (Å²) in [6.07, 6.45) is -3.61. The van der Waals surface area contributed by atoms with Crippen LogP contribution in [-0.2, 0) is 6.18 Å². The molecule has 0 aliphatic carbocycles. The van der Waals surface area contributed by atoms with Crippen molar-refractivity contribution in [2.45, 2.75) is 25.1 Å². The summed E-state index contributed by atoms with van der Waals surface area (Å²) in [5.74, 6) is -0.881. The molecule has 1 aliphatic heterocycles. The van der Waals surface area contributed by atoms with E-state index in [1.165, 1.54) is 6.07 Å². The van der Waals surface area contributed by atoms with Gasteiger partial charge >= 0.3 is 6.18 Å². The molecule has 1 aromatic carbocycles. The van der Waals surface area contributed by atoms with Crippen LogP contribution in [0.25, 0.3) is 0 Å². The fourth-order valence-electron chi connectivity index (χ4n) is 2.81. The fourth-order valence-corrected chi connectivity index (χ4v) is 2.81. The Morgan fingerprint density at radius 1 is 1.17 bits per heavy atom. The van der Waals surface area contributed by atoms with Gasteiger partial charge in [-0.2, -0.15) is 13.2 Å². The first-order chi connectivity index (χ1) is 10.4. The Labute approximate surface area is 139 Å². The minimum absolute atomic E-state index is 0. The fraction of sp³-hybridized carbons (Fsp3) is 0.600. The Kier molecular flexibility index (Phi) is 7.73. The highest BCUT2D eigenvalue weighted by Crippen LogP contribution is 2.34. The van der Waals surface area contributed by atoms with Gasteiger partial charge in [-0.3, -0.25) is 4.90 Å². The summed E-state index contributed by atoms with van der Waals surface area (Å²) in [6.45, 7) is 2.83. The number of rotatable bonds is 5. The number of hydrogen-bond acceptors (Lipinski definition) is 3. The van der Waals surface area contributed by atoms with Crippen molar-refractivity contribution in [2.75, 3.05) is 32.8 Å². The van der Waals surface area contributed by atoms with E-state index in [1.807, 2.05) is 4.90 Å². The van der Waals surface area contributed by atoms with Gasteiger partial charge in [0.05, 0.1) is 5.56 Å². The first kappa shape index (κ1) is 20.2. The van der Waals surface area contributed by atoms with Crippen LogP contribution >= 0.6 is 12.4 Å². The standard InChI is InChI=1S/C15H20F4N2O.ClH/c16-13-9-11(8-12(10-13)15(17,18)19)14(2-1-7-22)21-5-3-20-4-6-21;/h8-10,14,20,22H,1-7H2;1H/t14-;/m0./s1. The number of hydrogen-bond donors (Lipinski definition) is 2. The van der Waals surface area contributed by atoms with Crippen LogP contribution in [0.3, 0.4) is 0 Å². The summed E-state index contributed by atoms with van der Waals surface area (Å²) < 4.78 is 52.3. The van der Waals surface area contributed by atoms with Crippen molar-refractivity contribution in [1.29, 1.82) is 0 Å². The lowest BCUT2D eigenvalue weighted by Gasteiger charge is -2.35. The normalized spacial score (nSPS) is 17.6. The minimum atomic E-state index is -4.57. The molecule has 2 N–H and O–H groups in total. The number of aliphatic hydroxyl groups is 1. The summed E-state index contributed by atoms with van der Waals surface area (Å²) >= 11 is 0. The topological polar surface area (TPSA) is 35.5 Å². The maximum absolute atomic E-state index is 13.6. The zero-order valence-electron chi connectivity index (χ0n) is 12.6. The number of aliphatic hydroxyl groups excluding tert-OH is 1. The van der Waals surface area contributed by atoms with E-state index in [9.17, 15) is 17.6 Å². The first-order valence-corrected chi connectivity index (χ1v) is 7.35. The molecule has 0 unspecified atom stereocenters. The third kappa shape index (κ3) is 5.60. The van der Waals surface area contributed by atoms with Crippen LogP contribution in [0, 0.1) is 5.82 Å². The predicted molar refractivity (Wildman–Crippen MR) is 82.2 cm³/mol. The Balaban J connectivity index is 0.00000264. The molecular formula is C15H21ClF4N2O. The number of benzene rings is 1. The maximum Gasteiger partial charge on any atom is 0.416 e. The average Bonchev–Trinajstić information content (AvgIpc) is 2.47. The summed E-state index contributed by atoms with van der Waals surface area (Å²) in [4.78, 5) is 2.04. The van der Waals surface area contributed by atoms with E-state index < -0.39 is 17.6 Å². The van der Waals surface area contributed by atoms with Crippen molar-refractivity contribution in [1.82, 2.24) is 10.2 Å². The van der Waals surface area contributed by atoms with Gasteiger partial charge in [0.25, 0.3) is 0 Å². The lowest BCUT2D eigenvalue weighted by Crippen LogP contribution is -2.45. The first-order valence-electron chi connectivity index (χ1n) is 7.35. The molecule has 132 valence electrons. The summed E-state index contributed by atoms with van der Waals surface area (Å²) in [5.41, 5.74) is -0.644. The molecule has 1 atom stereocenters. The molecule has 1 aromatic rings. The largest absolute Gasteiger partial charge is 0.416 e. The van der Waals surface area contributed by atoms with Crippen LogP contribution in [0.15, 0.2) is 18.2 Å². The third-order valence-corrected chi connectivity index (χ3v) is 3.86. The van der Waals surface area contributed by atoms with Gasteiger partial charge in [0.15, 0.2) is 0 Å². The van der Waals surface area contributed by atoms with E-state index in [1.54, 1.807) is 0 Å². The number of piperazine rings is 1. The van der Waals surface area contributed by atoms with Crippen LogP contribution in [0.1, 0.15) is 30.0 Å². The van der Waals surface area contributed by atoms with Crippen molar-refractivity contribution in [3.05, 3.63) is 35.1 Å². The van der Waals surface area contributed by atoms with E-state index in [0.717, 1.165) is 19.2 Å². The minimum Gasteiger partial charge on any atom is -0.396 e. The molecule has 0 bridgehead atoms. The van der Waals surface area contributed by atoms with Crippen molar-refractivity contribution in [3.63, 3.8) is 0 Å². The van der Waals surface area contributed by atoms with Gasteiger partial charge in [-0.1, -0.05) is 0 Å². The van der Waals surface area contributed by atoms with Gasteiger partial charge in [-0.15, -0.1) is 12.4 Å². The highest BCUT2D eigenvalue weighted by atomic mass is 35.5. The second kappa shape index (κ2) is 8.82. The molecule has 1 aliphatic rings. The van der Waals surface area contributed by atoms with Crippen LogP contribution in [0.2, 0.25) is 0 Å². The zero-order chi connectivity index (χ0) is 16.2. The molecule has 0 saturated carbocycles. The molecule has 1 saturated heterocycles. The Hall–Kier alpha value is -0.890. The Morgan fingerprint density at radius 3 is 2.39 bits per heavy atom. The molecule has 8 heteroatoms. The molecule has 3 nitrogen and oxygen atoms in total. The lowest BCUT2D eigenvalue weighted by molar-refractivity contribution is -0.137. The van der Waals surface area contributed by atoms with E-state index in [-0.39, 0.29) is 25.1 Å². The monoisotopic (exact) mass is 356 g/mol. The van der Waals surface area contributed by atoms with E-state index in [0.29, 0.717) is 37.6 Å². The number of nitrogens with one attached hydrogen (secondary N) is 1. The molecule has 2 rings (SSSR count). The molecule has 0 aromatic heterocycles. The smallest absolute Gasteiger partial charge is 0.396 e. The third-order valence-electron chi connectivity index (χ3n) is 3.86. The molecule has 0 spiro atoms. The SMILES string of the molecule is Cl.OCCC[C@@H](c1cc(F)cc(C(F)(F)F)c1)N1CCNCC1. The van der Waals surface area contributed by atoms with E-state index >= 15 is 0 Å². The van der Waals surface area contributed by atoms with Gasteiger partial charge in [0, 0.05) is 38.8 Å². The quantitative estimate of drug-likeness (QED) is 0.796. The van der Waals surface area contributed by atoms with Gasteiger partial charge in [-0.05, 0) is 36.6 Å². The Bertz CT molecular complexity index is 493. The molecule has 1 heterocycles. The molecular weight excluding hydrogens is 336 g/mol. The van der Waals surface area contributed by atoms with Gasteiger partial charge in [-0.25, -0.2) is 4.39 Å². The predicted octanol–water partition coefficient (Wildman–Crippen LogP) is 2.99. The highest BCUT2D eigenvalue weighted by Gasteiger charge is 2.33. The highest BCUT2D eigenvalue weighted by molar-refractivity contribution is 5.85. The van der Waals surface area contributed by atoms with Crippen LogP contribution < -0.4 is 5.32 Å². The van der Waals surface area contributed by atoms with Crippen molar-refractivity contribution < 1.29 is 22.7 Å². The second-order valence-electron chi connectivity index (χ2n) is 5.44. The van der Waals surface area contributed by atoms with Gasteiger partial charge in [0.2, 0.25) is 0 Å². The number of alkyl halides is 3. The van der Waals surface area contributed by atoms with Crippen LogP contribution in [-0.4, -0.2) is 42.8 Å². The maximum atomic E-state index is 13.6. The molecule has 0 radical (unpaired) electrons. The van der Waals surface area contributed by atoms with Gasteiger partial charge < -0.3 is 10.4 Å². The Morgan fingerprint density at radius 2 is 1.83 bits per heavy atom. The van der Waals surface area contributed by atoms with Gasteiger partial charge in [0.1, 0.15) is 5.82 Å². The zero-order valence-corrected chi connectivity index (χ0v) is 13.4. The number of nitrogens with zero attached hydrogens (tertiary/aromatic N) is 1. The molecule has 0 amide bonds. The number of halogens is 5. The second-order valence-corrected chi connectivity index (χ2v) is 5.44. The van der Waals surface area contributed by atoms with Crippen LogP contribution in [0.5, 0.6) is 0 Å². The van der Waals surface area contributed by atoms with E-state index in [2.05, 4.69) is 5.32 Å².